The minimum atomic E-state index is -0.874. The van der Waals surface area contributed by atoms with Crippen molar-refractivity contribution in [1.82, 2.24) is 14.9 Å². The van der Waals surface area contributed by atoms with Crippen LogP contribution in [0.3, 0.4) is 0 Å². The third-order valence-electron chi connectivity index (χ3n) is 5.81. The SMILES string of the molecule is CN(C(=O)OCC1c2ccccc2-c2ccccc21)[C@@H](Cc1cncnc1)C(=O)OC(C)(C)C. The lowest BCUT2D eigenvalue weighted by molar-refractivity contribution is -0.160. The van der Waals surface area contributed by atoms with E-state index in [1.807, 2.05) is 24.3 Å². The van der Waals surface area contributed by atoms with Crippen molar-refractivity contribution < 1.29 is 19.1 Å². The molecule has 0 fully saturated rings. The number of esters is 1. The number of fused-ring (bicyclic) bond motifs is 3. The number of nitrogens with zero attached hydrogens (tertiary/aromatic N) is 3. The van der Waals surface area contributed by atoms with E-state index in [9.17, 15) is 9.59 Å². The van der Waals surface area contributed by atoms with Gasteiger partial charge in [-0.25, -0.2) is 19.6 Å². The first kappa shape index (κ1) is 23.4. The van der Waals surface area contributed by atoms with E-state index in [1.54, 1.807) is 40.2 Å². The number of carbonyl (C=O) groups is 2. The zero-order valence-electron chi connectivity index (χ0n) is 19.9. The number of carbonyl (C=O) groups excluding carboxylic acids is 2. The summed E-state index contributed by atoms with van der Waals surface area (Å²) in [5, 5.41) is 0. The van der Waals surface area contributed by atoms with Gasteiger partial charge >= 0.3 is 12.1 Å². The normalized spacial score (nSPS) is 13.5. The Hall–Kier alpha value is -3.74. The second-order valence-electron chi connectivity index (χ2n) is 9.42. The van der Waals surface area contributed by atoms with Gasteiger partial charge in [0.15, 0.2) is 0 Å². The highest BCUT2D eigenvalue weighted by Crippen LogP contribution is 2.44. The van der Waals surface area contributed by atoms with E-state index in [0.29, 0.717) is 0 Å². The lowest BCUT2D eigenvalue weighted by Crippen LogP contribution is -2.47. The molecule has 1 aliphatic rings. The fourth-order valence-electron chi connectivity index (χ4n) is 4.23. The molecule has 1 aliphatic carbocycles. The summed E-state index contributed by atoms with van der Waals surface area (Å²) in [6, 6.07) is 15.4. The van der Waals surface area contributed by atoms with Gasteiger partial charge in [0.1, 0.15) is 24.6 Å². The van der Waals surface area contributed by atoms with Crippen molar-refractivity contribution in [2.24, 2.45) is 0 Å². The number of amides is 1. The average Bonchev–Trinajstić information content (AvgIpc) is 3.14. The Kier molecular flexibility index (Phi) is 6.63. The van der Waals surface area contributed by atoms with Crippen LogP contribution < -0.4 is 0 Å². The third-order valence-corrected chi connectivity index (χ3v) is 5.81. The van der Waals surface area contributed by atoms with Crippen LogP contribution >= 0.6 is 0 Å². The molecule has 176 valence electrons. The minimum Gasteiger partial charge on any atom is -0.458 e. The van der Waals surface area contributed by atoms with E-state index < -0.39 is 23.7 Å². The maximum atomic E-state index is 13.1. The molecule has 34 heavy (non-hydrogen) atoms. The van der Waals surface area contributed by atoms with Crippen LogP contribution in [0.4, 0.5) is 4.79 Å². The molecule has 1 atom stereocenters. The summed E-state index contributed by atoms with van der Waals surface area (Å²) in [4.78, 5) is 35.4. The number of hydrogen-bond acceptors (Lipinski definition) is 6. The molecule has 4 rings (SSSR count). The molecule has 7 heteroatoms. The second-order valence-corrected chi connectivity index (χ2v) is 9.42. The van der Waals surface area contributed by atoms with Gasteiger partial charge in [-0.3, -0.25) is 4.90 Å². The van der Waals surface area contributed by atoms with Gasteiger partial charge in [0, 0.05) is 31.8 Å². The smallest absolute Gasteiger partial charge is 0.410 e. The first-order chi connectivity index (χ1) is 16.2. The summed E-state index contributed by atoms with van der Waals surface area (Å²) in [6.45, 7) is 5.55. The number of hydrogen-bond donors (Lipinski definition) is 0. The molecule has 1 aromatic heterocycles. The van der Waals surface area contributed by atoms with Gasteiger partial charge in [-0.2, -0.15) is 0 Å². The van der Waals surface area contributed by atoms with E-state index in [0.717, 1.165) is 27.8 Å². The summed E-state index contributed by atoms with van der Waals surface area (Å²) in [5.74, 6) is -0.570. The summed E-state index contributed by atoms with van der Waals surface area (Å²) in [5.41, 5.74) is 4.60. The number of aromatic nitrogens is 2. The van der Waals surface area contributed by atoms with Crippen molar-refractivity contribution in [3.8, 4) is 11.1 Å². The fourth-order valence-corrected chi connectivity index (χ4v) is 4.23. The first-order valence-electron chi connectivity index (χ1n) is 11.3. The monoisotopic (exact) mass is 459 g/mol. The lowest BCUT2D eigenvalue weighted by atomic mass is 9.98. The third kappa shape index (κ3) is 5.09. The molecule has 0 saturated carbocycles. The summed E-state index contributed by atoms with van der Waals surface area (Å²) >= 11 is 0. The maximum absolute atomic E-state index is 13.1. The summed E-state index contributed by atoms with van der Waals surface area (Å²) in [7, 11) is 1.55. The average molecular weight is 460 g/mol. The second kappa shape index (κ2) is 9.63. The number of likely N-dealkylation sites (N-methyl/N-ethyl adjacent to an activating group) is 1. The van der Waals surface area contributed by atoms with Gasteiger partial charge in [-0.15, -0.1) is 0 Å². The van der Waals surface area contributed by atoms with Crippen LogP contribution in [0.1, 0.15) is 43.4 Å². The topological polar surface area (TPSA) is 81.6 Å². The van der Waals surface area contributed by atoms with Gasteiger partial charge < -0.3 is 9.47 Å². The van der Waals surface area contributed by atoms with E-state index in [-0.39, 0.29) is 18.9 Å². The molecular formula is C27H29N3O4. The summed E-state index contributed by atoms with van der Waals surface area (Å²) < 4.78 is 11.3. The minimum absolute atomic E-state index is 0.0627. The number of rotatable bonds is 6. The number of ether oxygens (including phenoxy) is 2. The molecule has 0 unspecified atom stereocenters. The van der Waals surface area contributed by atoms with Crippen molar-refractivity contribution >= 4 is 12.1 Å². The van der Waals surface area contributed by atoms with E-state index in [1.165, 1.54) is 11.2 Å². The van der Waals surface area contributed by atoms with E-state index in [4.69, 9.17) is 9.47 Å². The van der Waals surface area contributed by atoms with Crippen molar-refractivity contribution in [3.63, 3.8) is 0 Å². The molecule has 3 aromatic rings. The predicted molar refractivity (Wildman–Crippen MR) is 128 cm³/mol. The first-order valence-corrected chi connectivity index (χ1v) is 11.3. The van der Waals surface area contributed by atoms with Crippen LogP contribution in [-0.2, 0) is 20.7 Å². The quantitative estimate of drug-likeness (QED) is 0.501. The molecule has 0 radical (unpaired) electrons. The van der Waals surface area contributed by atoms with Gasteiger partial charge in [0.25, 0.3) is 0 Å². The Morgan fingerprint density at radius 2 is 1.53 bits per heavy atom. The zero-order chi connectivity index (χ0) is 24.3. The molecule has 0 spiro atoms. The standard InChI is InChI=1S/C27H29N3O4/c1-27(2,3)34-25(31)24(13-18-14-28-17-29-15-18)30(4)26(32)33-16-23-21-11-7-5-9-19(21)20-10-6-8-12-22(20)23/h5-12,14-15,17,23-24H,13,16H2,1-4H3/t24-/m0/s1. The van der Waals surface area contributed by atoms with Gasteiger partial charge in [0.05, 0.1) is 0 Å². The molecule has 0 aliphatic heterocycles. The molecule has 0 saturated heterocycles. The van der Waals surface area contributed by atoms with E-state index >= 15 is 0 Å². The Balaban J connectivity index is 1.51. The highest BCUT2D eigenvalue weighted by atomic mass is 16.6. The highest BCUT2D eigenvalue weighted by Gasteiger charge is 2.34. The Morgan fingerprint density at radius 3 is 2.09 bits per heavy atom. The molecule has 0 N–H and O–H groups in total. The van der Waals surface area contributed by atoms with E-state index in [2.05, 4.69) is 34.2 Å². The van der Waals surface area contributed by atoms with Crippen LogP contribution in [0.5, 0.6) is 0 Å². The largest absolute Gasteiger partial charge is 0.458 e. The Labute approximate surface area is 199 Å². The van der Waals surface area contributed by atoms with Crippen molar-refractivity contribution in [2.45, 2.75) is 44.8 Å². The van der Waals surface area contributed by atoms with Crippen LogP contribution in [0.15, 0.2) is 67.3 Å². The van der Waals surface area contributed by atoms with Crippen LogP contribution in [0.2, 0.25) is 0 Å². The molecule has 2 aromatic carbocycles. The van der Waals surface area contributed by atoms with Crippen molar-refractivity contribution in [1.29, 1.82) is 0 Å². The van der Waals surface area contributed by atoms with Crippen LogP contribution in [0, 0.1) is 0 Å². The zero-order valence-corrected chi connectivity index (χ0v) is 19.9. The number of benzene rings is 2. The highest BCUT2D eigenvalue weighted by molar-refractivity contribution is 5.82. The Bertz CT molecular complexity index is 1130. The van der Waals surface area contributed by atoms with Gasteiger partial charge in [-0.1, -0.05) is 48.5 Å². The van der Waals surface area contributed by atoms with Gasteiger partial charge in [-0.05, 0) is 48.6 Å². The molecule has 1 amide bonds. The molecule has 0 bridgehead atoms. The molecular weight excluding hydrogens is 430 g/mol. The van der Waals surface area contributed by atoms with Gasteiger partial charge in [0.2, 0.25) is 0 Å². The fraction of sp³-hybridized carbons (Fsp3) is 0.333. The van der Waals surface area contributed by atoms with Crippen molar-refractivity contribution in [2.75, 3.05) is 13.7 Å². The van der Waals surface area contributed by atoms with Crippen molar-refractivity contribution in [3.05, 3.63) is 83.9 Å². The summed E-state index contributed by atoms with van der Waals surface area (Å²) in [6.07, 6.45) is 4.29. The predicted octanol–water partition coefficient (Wildman–Crippen LogP) is 4.61. The Morgan fingerprint density at radius 1 is 0.971 bits per heavy atom. The maximum Gasteiger partial charge on any atom is 0.410 e. The lowest BCUT2D eigenvalue weighted by Gasteiger charge is -2.29. The van der Waals surface area contributed by atoms with Crippen LogP contribution in [0.25, 0.3) is 11.1 Å². The molecule has 7 nitrogen and oxygen atoms in total. The van der Waals surface area contributed by atoms with Crippen LogP contribution in [-0.4, -0.2) is 52.2 Å². The molecule has 1 heterocycles.